The molecule has 200 valence electrons. The Kier molecular flexibility index (Phi) is 9.14. The van der Waals surface area contributed by atoms with Gasteiger partial charge in [0.25, 0.3) is 15.9 Å². The van der Waals surface area contributed by atoms with Crippen LogP contribution >= 0.6 is 12.2 Å². The van der Waals surface area contributed by atoms with Gasteiger partial charge in [-0.05, 0) is 90.6 Å². The maximum Gasteiger partial charge on any atom is 0.261 e. The summed E-state index contributed by atoms with van der Waals surface area (Å²) in [6.45, 7) is 0.529. The Bertz CT molecular complexity index is 1510. The molecule has 10 heteroatoms. The lowest BCUT2D eigenvalue weighted by Gasteiger charge is -2.12. The molecular formula is C29H27N3O5S2. The van der Waals surface area contributed by atoms with Crippen molar-refractivity contribution < 1.29 is 22.7 Å². The summed E-state index contributed by atoms with van der Waals surface area (Å²) < 4.78 is 38.7. The maximum absolute atomic E-state index is 12.7. The van der Waals surface area contributed by atoms with Crippen molar-refractivity contribution in [1.29, 1.82) is 0 Å². The molecule has 3 N–H and O–H groups in total. The first-order valence-electron chi connectivity index (χ1n) is 12.0. The number of amides is 1. The number of anilines is 2. The number of methoxy groups -OCH3 is 1. The molecule has 0 atom stereocenters. The van der Waals surface area contributed by atoms with Crippen LogP contribution in [0, 0.1) is 0 Å². The van der Waals surface area contributed by atoms with Crippen molar-refractivity contribution in [1.82, 2.24) is 5.32 Å². The third kappa shape index (κ3) is 8.03. The van der Waals surface area contributed by atoms with Gasteiger partial charge in [0, 0.05) is 23.4 Å². The molecule has 4 rings (SSSR count). The molecule has 0 bridgehead atoms. The summed E-state index contributed by atoms with van der Waals surface area (Å²) in [7, 11) is -2.25. The van der Waals surface area contributed by atoms with Crippen LogP contribution in [0.4, 0.5) is 11.4 Å². The Hall–Kier alpha value is -4.41. The molecule has 0 aliphatic carbocycles. The summed E-state index contributed by atoms with van der Waals surface area (Å²) in [6, 6.07) is 29.4. The first kappa shape index (κ1) is 27.6. The van der Waals surface area contributed by atoms with Crippen molar-refractivity contribution in [2.45, 2.75) is 11.3 Å². The van der Waals surface area contributed by atoms with Crippen LogP contribution in [0.15, 0.2) is 108 Å². The van der Waals surface area contributed by atoms with Gasteiger partial charge < -0.3 is 14.8 Å². The third-order valence-electron chi connectivity index (χ3n) is 5.61. The average molecular weight is 562 g/mol. The first-order chi connectivity index (χ1) is 18.8. The molecule has 4 aromatic carbocycles. The summed E-state index contributed by atoms with van der Waals surface area (Å²) in [5.74, 6) is 0.905. The molecular weight excluding hydrogens is 534 g/mol. The fourth-order valence-corrected chi connectivity index (χ4v) is 4.83. The second-order valence-electron chi connectivity index (χ2n) is 8.38. The van der Waals surface area contributed by atoms with Gasteiger partial charge in [0.2, 0.25) is 0 Å². The number of nitrogens with one attached hydrogen (secondary N) is 3. The standard InChI is InChI=1S/C29H27N3O5S2/c1-36-25-15-9-24(10-16-25)32-39(34,35)27-17-11-23(12-18-27)30-29(38)31-28(33)22-7-13-26(14-8-22)37-20-19-21-5-3-2-4-6-21/h2-18,32H,19-20H2,1H3,(H2,30,31,33,38). The molecule has 39 heavy (non-hydrogen) atoms. The van der Waals surface area contributed by atoms with Crippen molar-refractivity contribution in [3.8, 4) is 11.5 Å². The summed E-state index contributed by atoms with van der Waals surface area (Å²) in [4.78, 5) is 12.7. The highest BCUT2D eigenvalue weighted by molar-refractivity contribution is 7.92. The van der Waals surface area contributed by atoms with Crippen molar-refractivity contribution in [3.05, 3.63) is 114 Å². The zero-order valence-corrected chi connectivity index (χ0v) is 22.7. The quantitative estimate of drug-likeness (QED) is 0.227. The van der Waals surface area contributed by atoms with Crippen molar-refractivity contribution in [2.75, 3.05) is 23.8 Å². The summed E-state index contributed by atoms with van der Waals surface area (Å²) in [5, 5.41) is 5.58. The van der Waals surface area contributed by atoms with Crippen LogP contribution in [0.1, 0.15) is 15.9 Å². The number of benzene rings is 4. The van der Waals surface area contributed by atoms with Gasteiger partial charge in [-0.2, -0.15) is 0 Å². The molecule has 0 spiro atoms. The lowest BCUT2D eigenvalue weighted by atomic mass is 10.2. The highest BCUT2D eigenvalue weighted by Crippen LogP contribution is 2.21. The van der Waals surface area contributed by atoms with Gasteiger partial charge in [-0.3, -0.25) is 14.8 Å². The molecule has 0 unspecified atom stereocenters. The number of sulfonamides is 1. The molecule has 0 aromatic heterocycles. The summed E-state index contributed by atoms with van der Waals surface area (Å²) in [5.41, 5.74) is 2.54. The van der Waals surface area contributed by atoms with Crippen LogP contribution in [-0.2, 0) is 16.4 Å². The lowest BCUT2D eigenvalue weighted by molar-refractivity contribution is 0.0977. The number of carbonyl (C=O) groups is 1. The van der Waals surface area contributed by atoms with Gasteiger partial charge in [-0.1, -0.05) is 30.3 Å². The molecule has 8 nitrogen and oxygen atoms in total. The maximum atomic E-state index is 12.7. The Morgan fingerprint density at radius 2 is 1.41 bits per heavy atom. The van der Waals surface area contributed by atoms with E-state index in [-0.39, 0.29) is 15.9 Å². The Morgan fingerprint density at radius 3 is 2.05 bits per heavy atom. The number of thiocarbonyl (C=S) groups is 1. The monoisotopic (exact) mass is 561 g/mol. The van der Waals surface area contributed by atoms with Gasteiger partial charge in [-0.25, -0.2) is 8.42 Å². The molecule has 4 aromatic rings. The number of carbonyl (C=O) groups excluding carboxylic acids is 1. The van der Waals surface area contributed by atoms with E-state index >= 15 is 0 Å². The largest absolute Gasteiger partial charge is 0.497 e. The predicted octanol–water partition coefficient (Wildman–Crippen LogP) is 5.24. The predicted molar refractivity (Wildman–Crippen MR) is 156 cm³/mol. The van der Waals surface area contributed by atoms with Crippen LogP contribution in [0.3, 0.4) is 0 Å². The van der Waals surface area contributed by atoms with Gasteiger partial charge in [0.1, 0.15) is 11.5 Å². The molecule has 0 fully saturated rings. The van der Waals surface area contributed by atoms with E-state index in [9.17, 15) is 13.2 Å². The van der Waals surface area contributed by atoms with Crippen molar-refractivity contribution in [2.24, 2.45) is 0 Å². The van der Waals surface area contributed by atoms with Gasteiger partial charge in [0.15, 0.2) is 5.11 Å². The number of ether oxygens (including phenoxy) is 2. The van der Waals surface area contributed by atoms with E-state index in [4.69, 9.17) is 21.7 Å². The number of hydrogen-bond donors (Lipinski definition) is 3. The zero-order chi connectivity index (χ0) is 27.7. The first-order valence-corrected chi connectivity index (χ1v) is 13.9. The minimum atomic E-state index is -3.79. The molecule has 0 saturated carbocycles. The second kappa shape index (κ2) is 12.9. The van der Waals surface area contributed by atoms with Crippen LogP contribution in [0.25, 0.3) is 0 Å². The average Bonchev–Trinajstić information content (AvgIpc) is 2.94. The fourth-order valence-electron chi connectivity index (χ4n) is 3.56. The normalized spacial score (nSPS) is 10.8. The van der Waals surface area contributed by atoms with E-state index in [1.54, 1.807) is 60.7 Å². The fraction of sp³-hybridized carbons (Fsp3) is 0.103. The molecule has 0 aliphatic rings. The highest BCUT2D eigenvalue weighted by Gasteiger charge is 2.15. The van der Waals surface area contributed by atoms with Crippen molar-refractivity contribution >= 4 is 44.6 Å². The zero-order valence-electron chi connectivity index (χ0n) is 21.1. The Morgan fingerprint density at radius 1 is 0.795 bits per heavy atom. The molecule has 0 aliphatic heterocycles. The molecule has 0 saturated heterocycles. The second-order valence-corrected chi connectivity index (χ2v) is 10.5. The van der Waals surface area contributed by atoms with E-state index in [0.29, 0.717) is 35.0 Å². The summed E-state index contributed by atoms with van der Waals surface area (Å²) in [6.07, 6.45) is 0.787. The SMILES string of the molecule is COc1ccc(NS(=O)(=O)c2ccc(NC(=S)NC(=O)c3ccc(OCCc4ccccc4)cc3)cc2)cc1. The van der Waals surface area contributed by atoms with Gasteiger partial charge >= 0.3 is 0 Å². The van der Waals surface area contributed by atoms with Crippen LogP contribution in [0.2, 0.25) is 0 Å². The van der Waals surface area contributed by atoms with E-state index in [0.717, 1.165) is 6.42 Å². The van der Waals surface area contributed by atoms with E-state index in [2.05, 4.69) is 15.4 Å². The smallest absolute Gasteiger partial charge is 0.261 e. The summed E-state index contributed by atoms with van der Waals surface area (Å²) >= 11 is 5.25. The van der Waals surface area contributed by atoms with Gasteiger partial charge in [-0.15, -0.1) is 0 Å². The number of hydrogen-bond acceptors (Lipinski definition) is 6. The molecule has 1 amide bonds. The van der Waals surface area contributed by atoms with Crippen LogP contribution in [0.5, 0.6) is 11.5 Å². The van der Waals surface area contributed by atoms with Gasteiger partial charge in [0.05, 0.1) is 18.6 Å². The van der Waals surface area contributed by atoms with E-state index in [1.165, 1.54) is 24.8 Å². The van der Waals surface area contributed by atoms with E-state index in [1.807, 2.05) is 30.3 Å². The molecule has 0 heterocycles. The highest BCUT2D eigenvalue weighted by atomic mass is 32.2. The number of rotatable bonds is 10. The van der Waals surface area contributed by atoms with E-state index < -0.39 is 10.0 Å². The topological polar surface area (TPSA) is 106 Å². The third-order valence-corrected chi connectivity index (χ3v) is 7.21. The molecule has 0 radical (unpaired) electrons. The van der Waals surface area contributed by atoms with Crippen LogP contribution in [-0.4, -0.2) is 33.2 Å². The Balaban J connectivity index is 1.26. The van der Waals surface area contributed by atoms with Crippen LogP contribution < -0.4 is 24.8 Å². The Labute approximate surface area is 233 Å². The van der Waals surface area contributed by atoms with Crippen molar-refractivity contribution in [3.63, 3.8) is 0 Å². The minimum Gasteiger partial charge on any atom is -0.497 e. The minimum absolute atomic E-state index is 0.0740. The lowest BCUT2D eigenvalue weighted by Crippen LogP contribution is -2.34.